The second-order valence-electron chi connectivity index (χ2n) is 5.35. The topological polar surface area (TPSA) is 47.3 Å². The fraction of sp³-hybridized carbons (Fsp3) is 0.571. The molecule has 100 valence electrons. The number of nitrogens with two attached hydrogens (primary N) is 1. The van der Waals surface area contributed by atoms with E-state index in [1.807, 2.05) is 0 Å². The number of hydrogen-bond donors (Lipinski definition) is 2. The van der Waals surface area contributed by atoms with Gasteiger partial charge in [-0.3, -0.25) is 11.3 Å². The van der Waals surface area contributed by atoms with Crippen LogP contribution < -0.4 is 16.0 Å². The highest BCUT2D eigenvalue weighted by atomic mass is 19.1. The Labute approximate surface area is 107 Å². The summed E-state index contributed by atoms with van der Waals surface area (Å²) in [5, 5.41) is 0. The van der Waals surface area contributed by atoms with E-state index in [1.54, 1.807) is 12.1 Å². The summed E-state index contributed by atoms with van der Waals surface area (Å²) in [6, 6.07) is 4.81. The lowest BCUT2D eigenvalue weighted by Crippen LogP contribution is -2.39. The van der Waals surface area contributed by atoms with Crippen molar-refractivity contribution in [3.63, 3.8) is 0 Å². The first kappa shape index (κ1) is 13.3. The van der Waals surface area contributed by atoms with Gasteiger partial charge in [-0.25, -0.2) is 4.39 Å². The van der Waals surface area contributed by atoms with Gasteiger partial charge in [-0.1, -0.05) is 25.8 Å². The summed E-state index contributed by atoms with van der Waals surface area (Å²) in [5.41, 5.74) is 3.46. The highest BCUT2D eigenvalue weighted by Crippen LogP contribution is 2.47. The van der Waals surface area contributed by atoms with Crippen molar-refractivity contribution in [2.24, 2.45) is 11.3 Å². The van der Waals surface area contributed by atoms with E-state index in [0.717, 1.165) is 12.8 Å². The first-order chi connectivity index (χ1) is 8.60. The monoisotopic (exact) mass is 252 g/mol. The SMILES string of the molecule is COc1ccc(C(NN)C2(C)CCCC2)c(F)c1. The summed E-state index contributed by atoms with van der Waals surface area (Å²) >= 11 is 0. The minimum absolute atomic E-state index is 0.0319. The third kappa shape index (κ3) is 2.35. The van der Waals surface area contributed by atoms with Crippen LogP contribution in [0, 0.1) is 11.2 Å². The quantitative estimate of drug-likeness (QED) is 0.640. The van der Waals surface area contributed by atoms with Gasteiger partial charge in [-0.2, -0.15) is 0 Å². The molecule has 0 radical (unpaired) electrons. The molecule has 0 aliphatic heterocycles. The third-order valence-corrected chi connectivity index (χ3v) is 4.13. The van der Waals surface area contributed by atoms with Gasteiger partial charge in [0.05, 0.1) is 13.2 Å². The van der Waals surface area contributed by atoms with Crippen LogP contribution in [0.2, 0.25) is 0 Å². The van der Waals surface area contributed by atoms with Crippen molar-refractivity contribution in [1.29, 1.82) is 0 Å². The van der Waals surface area contributed by atoms with Crippen LogP contribution in [0.3, 0.4) is 0 Å². The molecule has 1 atom stereocenters. The summed E-state index contributed by atoms with van der Waals surface area (Å²) in [5.74, 6) is 5.93. The molecule has 1 aromatic carbocycles. The van der Waals surface area contributed by atoms with Gasteiger partial charge in [0, 0.05) is 11.6 Å². The molecule has 4 heteroatoms. The number of hydrogen-bond acceptors (Lipinski definition) is 3. The molecule has 1 fully saturated rings. The molecule has 3 N–H and O–H groups in total. The molecule has 1 aliphatic rings. The number of nitrogens with one attached hydrogen (secondary N) is 1. The van der Waals surface area contributed by atoms with Crippen molar-refractivity contribution in [2.75, 3.05) is 7.11 Å². The van der Waals surface area contributed by atoms with E-state index >= 15 is 0 Å². The first-order valence-corrected chi connectivity index (χ1v) is 6.40. The smallest absolute Gasteiger partial charge is 0.131 e. The zero-order valence-corrected chi connectivity index (χ0v) is 11.0. The van der Waals surface area contributed by atoms with Gasteiger partial charge in [0.25, 0.3) is 0 Å². The molecule has 1 aromatic rings. The standard InChI is InChI=1S/C14H21FN2O/c1-14(7-3-4-8-14)13(17-16)11-6-5-10(18-2)9-12(11)15/h5-6,9,13,17H,3-4,7-8,16H2,1-2H3. The maximum Gasteiger partial charge on any atom is 0.131 e. The minimum atomic E-state index is -0.259. The molecule has 2 rings (SSSR count). The van der Waals surface area contributed by atoms with E-state index in [0.29, 0.717) is 11.3 Å². The summed E-state index contributed by atoms with van der Waals surface area (Å²) in [6.45, 7) is 2.17. The van der Waals surface area contributed by atoms with Crippen LogP contribution in [0.5, 0.6) is 5.75 Å². The Morgan fingerprint density at radius 3 is 2.56 bits per heavy atom. The minimum Gasteiger partial charge on any atom is -0.497 e. The van der Waals surface area contributed by atoms with Gasteiger partial charge in [0.15, 0.2) is 0 Å². The molecule has 0 bridgehead atoms. The van der Waals surface area contributed by atoms with Gasteiger partial charge in [-0.05, 0) is 24.3 Å². The number of benzene rings is 1. The van der Waals surface area contributed by atoms with Gasteiger partial charge in [0.2, 0.25) is 0 Å². The zero-order chi connectivity index (χ0) is 13.2. The van der Waals surface area contributed by atoms with Gasteiger partial charge in [0.1, 0.15) is 11.6 Å². The predicted octanol–water partition coefficient (Wildman–Crippen LogP) is 2.92. The maximum absolute atomic E-state index is 14.1. The molecule has 1 aliphatic carbocycles. The average Bonchev–Trinajstić information content (AvgIpc) is 2.79. The Hall–Kier alpha value is -1.13. The maximum atomic E-state index is 14.1. The normalized spacial score (nSPS) is 19.8. The van der Waals surface area contributed by atoms with E-state index in [9.17, 15) is 4.39 Å². The first-order valence-electron chi connectivity index (χ1n) is 6.40. The fourth-order valence-corrected chi connectivity index (χ4v) is 3.01. The Bertz CT molecular complexity index is 416. The lowest BCUT2D eigenvalue weighted by molar-refractivity contribution is 0.220. The van der Waals surface area contributed by atoms with Crippen molar-refractivity contribution in [1.82, 2.24) is 5.43 Å². The number of halogens is 1. The highest BCUT2D eigenvalue weighted by Gasteiger charge is 2.38. The average molecular weight is 252 g/mol. The van der Waals surface area contributed by atoms with Crippen molar-refractivity contribution in [2.45, 2.75) is 38.6 Å². The van der Waals surface area contributed by atoms with Gasteiger partial charge < -0.3 is 4.74 Å². The summed E-state index contributed by atoms with van der Waals surface area (Å²) in [7, 11) is 1.53. The van der Waals surface area contributed by atoms with Gasteiger partial charge in [-0.15, -0.1) is 0 Å². The van der Waals surface area contributed by atoms with E-state index in [1.165, 1.54) is 26.0 Å². The molecule has 0 saturated heterocycles. The lowest BCUT2D eigenvalue weighted by atomic mass is 9.77. The Kier molecular flexibility index (Phi) is 3.88. The van der Waals surface area contributed by atoms with E-state index in [-0.39, 0.29) is 17.3 Å². The van der Waals surface area contributed by atoms with Gasteiger partial charge >= 0.3 is 0 Å². The lowest BCUT2D eigenvalue weighted by Gasteiger charge is -2.34. The molecular formula is C14H21FN2O. The number of methoxy groups -OCH3 is 1. The molecular weight excluding hydrogens is 231 g/mol. The second-order valence-corrected chi connectivity index (χ2v) is 5.35. The number of rotatable bonds is 4. The molecule has 0 spiro atoms. The van der Waals surface area contributed by atoms with Crippen molar-refractivity contribution in [3.05, 3.63) is 29.6 Å². The molecule has 0 amide bonds. The summed E-state index contributed by atoms with van der Waals surface area (Å²) in [6.07, 6.45) is 4.53. The number of ether oxygens (including phenoxy) is 1. The Morgan fingerprint density at radius 2 is 2.06 bits per heavy atom. The van der Waals surface area contributed by atoms with Crippen LogP contribution >= 0.6 is 0 Å². The van der Waals surface area contributed by atoms with Crippen molar-refractivity contribution in [3.8, 4) is 5.75 Å². The summed E-state index contributed by atoms with van der Waals surface area (Å²) in [4.78, 5) is 0. The van der Waals surface area contributed by atoms with Crippen LogP contribution in [0.4, 0.5) is 4.39 Å². The molecule has 0 aromatic heterocycles. The Morgan fingerprint density at radius 1 is 1.39 bits per heavy atom. The fourth-order valence-electron chi connectivity index (χ4n) is 3.01. The second kappa shape index (κ2) is 5.24. The zero-order valence-electron chi connectivity index (χ0n) is 11.0. The number of hydrazine groups is 1. The summed E-state index contributed by atoms with van der Waals surface area (Å²) < 4.78 is 19.1. The van der Waals surface area contributed by atoms with Crippen LogP contribution in [-0.2, 0) is 0 Å². The van der Waals surface area contributed by atoms with E-state index in [4.69, 9.17) is 10.6 Å². The molecule has 0 heterocycles. The Balaban J connectivity index is 2.32. The molecule has 18 heavy (non-hydrogen) atoms. The van der Waals surface area contributed by atoms with Crippen LogP contribution in [0.1, 0.15) is 44.2 Å². The molecule has 1 saturated carbocycles. The van der Waals surface area contributed by atoms with E-state index in [2.05, 4.69) is 12.3 Å². The molecule has 1 unspecified atom stereocenters. The van der Waals surface area contributed by atoms with Crippen molar-refractivity contribution < 1.29 is 9.13 Å². The van der Waals surface area contributed by atoms with Crippen LogP contribution in [-0.4, -0.2) is 7.11 Å². The van der Waals surface area contributed by atoms with Crippen molar-refractivity contribution >= 4 is 0 Å². The molecule has 3 nitrogen and oxygen atoms in total. The van der Waals surface area contributed by atoms with Crippen LogP contribution in [0.25, 0.3) is 0 Å². The predicted molar refractivity (Wildman–Crippen MR) is 69.6 cm³/mol. The third-order valence-electron chi connectivity index (χ3n) is 4.13. The van der Waals surface area contributed by atoms with Crippen LogP contribution in [0.15, 0.2) is 18.2 Å². The van der Waals surface area contributed by atoms with E-state index < -0.39 is 0 Å². The highest BCUT2D eigenvalue weighted by molar-refractivity contribution is 5.32. The largest absolute Gasteiger partial charge is 0.497 e.